The van der Waals surface area contributed by atoms with E-state index in [0.717, 1.165) is 23.0 Å². The lowest BCUT2D eigenvalue weighted by atomic mass is 10.0. The average Bonchev–Trinajstić information content (AvgIpc) is 2.79. The van der Waals surface area contributed by atoms with E-state index in [1.54, 1.807) is 0 Å². The first kappa shape index (κ1) is 26.0. The van der Waals surface area contributed by atoms with Gasteiger partial charge in [0.25, 0.3) is 0 Å². The molecule has 2 aromatic rings. The van der Waals surface area contributed by atoms with Crippen LogP contribution < -0.4 is 4.90 Å². The summed E-state index contributed by atoms with van der Waals surface area (Å²) in [5, 5.41) is 0.162. The molecule has 2 aromatic carbocycles. The van der Waals surface area contributed by atoms with E-state index in [1.165, 1.54) is 43.8 Å². The number of benzene rings is 2. The number of piperidine rings is 1. The first-order valence-electron chi connectivity index (χ1n) is 11.0. The minimum absolute atomic E-state index is 0.0111. The van der Waals surface area contributed by atoms with Gasteiger partial charge in [-0.2, -0.15) is 0 Å². The van der Waals surface area contributed by atoms with Crippen LogP contribution in [0.5, 0.6) is 0 Å². The number of carbonyl (C=O) groups excluding carboxylic acids is 1. The predicted molar refractivity (Wildman–Crippen MR) is 135 cm³/mol. The van der Waals surface area contributed by atoms with Gasteiger partial charge in [-0.25, -0.2) is 12.7 Å². The summed E-state index contributed by atoms with van der Waals surface area (Å²) in [4.78, 5) is 17.1. The Morgan fingerprint density at radius 1 is 1.09 bits per heavy atom. The summed E-state index contributed by atoms with van der Waals surface area (Å²) in [5.41, 5.74) is 2.09. The smallest absolute Gasteiger partial charge is 0.244 e. The van der Waals surface area contributed by atoms with Gasteiger partial charge < -0.3 is 9.80 Å². The summed E-state index contributed by atoms with van der Waals surface area (Å²) in [5.74, 6) is -0.0207. The standard InChI is InChI=1S/C24H31Cl2N3O3S/c1-27(2)20-6-5-14-29(17-20)19-11-9-18(10-12-19)16-21(30)13-15-28(3)33(31,32)23-8-4-7-22(25)24(23)26/h4,7-12,20H,5-6,13-17H2,1-3H3. The van der Waals surface area contributed by atoms with E-state index in [9.17, 15) is 13.2 Å². The highest BCUT2D eigenvalue weighted by Gasteiger charge is 2.25. The lowest BCUT2D eigenvalue weighted by Crippen LogP contribution is -2.45. The summed E-state index contributed by atoms with van der Waals surface area (Å²) >= 11 is 12.0. The summed E-state index contributed by atoms with van der Waals surface area (Å²) in [6.07, 6.45) is 2.77. The topological polar surface area (TPSA) is 60.9 Å². The van der Waals surface area contributed by atoms with Crippen molar-refractivity contribution in [3.8, 4) is 0 Å². The van der Waals surface area contributed by atoms with E-state index in [-0.39, 0.29) is 40.1 Å². The third-order valence-corrected chi connectivity index (χ3v) is 8.97. The number of ketones is 1. The molecule has 1 unspecified atom stereocenters. The molecule has 0 bridgehead atoms. The van der Waals surface area contributed by atoms with E-state index in [0.29, 0.717) is 6.04 Å². The van der Waals surface area contributed by atoms with Crippen LogP contribution in [0, 0.1) is 0 Å². The van der Waals surface area contributed by atoms with Crippen molar-refractivity contribution in [2.24, 2.45) is 0 Å². The van der Waals surface area contributed by atoms with Crippen LogP contribution in [0.4, 0.5) is 5.69 Å². The van der Waals surface area contributed by atoms with Crippen molar-refractivity contribution >= 4 is 44.7 Å². The van der Waals surface area contributed by atoms with Crippen molar-refractivity contribution in [3.05, 3.63) is 58.1 Å². The molecule has 1 aliphatic heterocycles. The third kappa shape index (κ3) is 6.49. The van der Waals surface area contributed by atoms with E-state index in [1.807, 2.05) is 12.1 Å². The van der Waals surface area contributed by atoms with Crippen molar-refractivity contribution in [2.45, 2.75) is 36.6 Å². The highest BCUT2D eigenvalue weighted by molar-refractivity contribution is 7.89. The van der Waals surface area contributed by atoms with E-state index in [2.05, 4.69) is 36.0 Å². The van der Waals surface area contributed by atoms with E-state index >= 15 is 0 Å². The Morgan fingerprint density at radius 3 is 2.45 bits per heavy atom. The van der Waals surface area contributed by atoms with Crippen molar-refractivity contribution < 1.29 is 13.2 Å². The highest BCUT2D eigenvalue weighted by Crippen LogP contribution is 2.30. The second-order valence-electron chi connectivity index (χ2n) is 8.72. The van der Waals surface area contributed by atoms with Crippen LogP contribution in [0.25, 0.3) is 0 Å². The van der Waals surface area contributed by atoms with Gasteiger partial charge in [-0.1, -0.05) is 41.4 Å². The Kier molecular flexibility index (Phi) is 8.81. The number of nitrogens with zero attached hydrogens (tertiary/aromatic N) is 3. The van der Waals surface area contributed by atoms with Crippen molar-refractivity contribution in [3.63, 3.8) is 0 Å². The molecule has 0 radical (unpaired) electrons. The minimum atomic E-state index is -3.83. The first-order valence-corrected chi connectivity index (χ1v) is 13.2. The molecule has 1 saturated heterocycles. The number of Topliss-reactive ketones (excluding diaryl/α,β-unsaturated/α-hetero) is 1. The third-order valence-electron chi connectivity index (χ3n) is 6.14. The van der Waals surface area contributed by atoms with Gasteiger partial charge >= 0.3 is 0 Å². The molecule has 0 aromatic heterocycles. The van der Waals surface area contributed by atoms with Crippen LogP contribution in [0.1, 0.15) is 24.8 Å². The van der Waals surface area contributed by atoms with Gasteiger partial charge in [0.15, 0.2) is 0 Å². The quantitative estimate of drug-likeness (QED) is 0.500. The number of sulfonamides is 1. The fraction of sp³-hybridized carbons (Fsp3) is 0.458. The maximum atomic E-state index is 12.8. The molecule has 0 N–H and O–H groups in total. The maximum Gasteiger partial charge on any atom is 0.244 e. The molecule has 6 nitrogen and oxygen atoms in total. The zero-order valence-electron chi connectivity index (χ0n) is 19.3. The fourth-order valence-corrected chi connectivity index (χ4v) is 5.91. The second-order valence-corrected chi connectivity index (χ2v) is 11.5. The molecule has 0 saturated carbocycles. The minimum Gasteiger partial charge on any atom is -0.370 e. The molecule has 180 valence electrons. The molecular weight excluding hydrogens is 481 g/mol. The van der Waals surface area contributed by atoms with Crippen molar-refractivity contribution in [2.75, 3.05) is 45.7 Å². The maximum absolute atomic E-state index is 12.8. The summed E-state index contributed by atoms with van der Waals surface area (Å²) < 4.78 is 26.7. The summed E-state index contributed by atoms with van der Waals surface area (Å²) in [6.45, 7) is 2.12. The van der Waals surface area contributed by atoms with Crippen LogP contribution >= 0.6 is 23.2 Å². The van der Waals surface area contributed by atoms with Gasteiger partial charge in [-0.3, -0.25) is 4.79 Å². The zero-order valence-corrected chi connectivity index (χ0v) is 21.6. The van der Waals surface area contributed by atoms with Crippen LogP contribution in [0.15, 0.2) is 47.4 Å². The predicted octanol–water partition coefficient (Wildman–Crippen LogP) is 4.35. The van der Waals surface area contributed by atoms with Crippen LogP contribution in [-0.4, -0.2) is 70.2 Å². The Balaban J connectivity index is 1.55. The average molecular weight is 513 g/mol. The number of hydrogen-bond acceptors (Lipinski definition) is 5. The summed E-state index contributed by atoms with van der Waals surface area (Å²) in [6, 6.07) is 13.1. The number of likely N-dealkylation sites (N-methyl/N-ethyl adjacent to an activating group) is 1. The van der Waals surface area contributed by atoms with Gasteiger partial charge in [0, 0.05) is 51.3 Å². The number of hydrogen-bond donors (Lipinski definition) is 0. The number of rotatable bonds is 9. The monoisotopic (exact) mass is 511 g/mol. The lowest BCUT2D eigenvalue weighted by molar-refractivity contribution is -0.118. The normalized spacial score (nSPS) is 17.1. The van der Waals surface area contributed by atoms with Crippen molar-refractivity contribution in [1.29, 1.82) is 0 Å². The molecule has 9 heteroatoms. The molecule has 0 aliphatic carbocycles. The van der Waals surface area contributed by atoms with Crippen molar-refractivity contribution in [1.82, 2.24) is 9.21 Å². The Labute approximate surface area is 207 Å². The Hall–Kier alpha value is -1.64. The molecule has 0 amide bonds. The number of anilines is 1. The Bertz CT molecular complexity index is 1070. The van der Waals surface area contributed by atoms with Gasteiger partial charge in [0.1, 0.15) is 10.7 Å². The Morgan fingerprint density at radius 2 is 1.79 bits per heavy atom. The van der Waals surface area contributed by atoms with Crippen LogP contribution in [-0.2, 0) is 21.2 Å². The molecule has 0 spiro atoms. The molecule has 1 fully saturated rings. The fourth-order valence-electron chi connectivity index (χ4n) is 4.00. The van der Waals surface area contributed by atoms with E-state index < -0.39 is 10.0 Å². The van der Waals surface area contributed by atoms with Crippen LogP contribution in [0.3, 0.4) is 0 Å². The number of halogens is 2. The largest absolute Gasteiger partial charge is 0.370 e. The molecular formula is C24H31Cl2N3O3S. The second kappa shape index (κ2) is 11.2. The molecule has 3 rings (SSSR count). The SMILES string of the molecule is CN(C)C1CCCN(c2ccc(CC(=O)CCN(C)S(=O)(=O)c3cccc(Cl)c3Cl)cc2)C1. The van der Waals surface area contributed by atoms with Crippen LogP contribution in [0.2, 0.25) is 10.0 Å². The molecule has 1 atom stereocenters. The molecule has 1 heterocycles. The van der Waals surface area contributed by atoms with Gasteiger partial charge in [0.05, 0.1) is 10.0 Å². The highest BCUT2D eigenvalue weighted by atomic mass is 35.5. The van der Waals surface area contributed by atoms with Gasteiger partial charge in [-0.05, 0) is 56.8 Å². The molecule has 1 aliphatic rings. The van der Waals surface area contributed by atoms with Gasteiger partial charge in [-0.15, -0.1) is 0 Å². The zero-order chi connectivity index (χ0) is 24.2. The summed E-state index contributed by atoms with van der Waals surface area (Å²) in [7, 11) is 1.85. The molecule has 33 heavy (non-hydrogen) atoms. The number of carbonyl (C=O) groups is 1. The van der Waals surface area contributed by atoms with Gasteiger partial charge in [0.2, 0.25) is 10.0 Å². The first-order chi connectivity index (χ1) is 15.6. The lowest BCUT2D eigenvalue weighted by Gasteiger charge is -2.37. The van der Waals surface area contributed by atoms with E-state index in [4.69, 9.17) is 23.2 Å².